The highest BCUT2D eigenvalue weighted by Crippen LogP contribution is 2.22. The number of nitrogens with zero attached hydrogens (tertiary/aromatic N) is 5. The second kappa shape index (κ2) is 7.42. The molecular formula is C18H18N6O3. The lowest BCUT2D eigenvalue weighted by Crippen LogP contribution is -2.36. The average molecular weight is 366 g/mol. The van der Waals surface area contributed by atoms with Gasteiger partial charge in [-0.3, -0.25) is 10.1 Å². The van der Waals surface area contributed by atoms with Gasteiger partial charge in [-0.15, -0.1) is 0 Å². The van der Waals surface area contributed by atoms with E-state index in [9.17, 15) is 10.1 Å². The minimum atomic E-state index is -0.472. The summed E-state index contributed by atoms with van der Waals surface area (Å²) in [4.78, 5) is 16.9. The monoisotopic (exact) mass is 366 g/mol. The van der Waals surface area contributed by atoms with Crippen LogP contribution in [-0.4, -0.2) is 46.0 Å². The van der Waals surface area contributed by atoms with E-state index in [0.29, 0.717) is 11.5 Å². The van der Waals surface area contributed by atoms with Gasteiger partial charge in [0, 0.05) is 36.7 Å². The Bertz CT molecular complexity index is 934. The van der Waals surface area contributed by atoms with Crippen LogP contribution in [0, 0.1) is 10.1 Å². The quantitative estimate of drug-likeness (QED) is 0.547. The van der Waals surface area contributed by atoms with Crippen LogP contribution in [-0.2, 0) is 4.74 Å². The Balaban J connectivity index is 1.48. The molecule has 0 unspecified atom stereocenters. The van der Waals surface area contributed by atoms with E-state index in [2.05, 4.69) is 32.4 Å². The normalized spacial score (nSPS) is 14.1. The molecule has 9 heteroatoms. The molecule has 9 nitrogen and oxygen atoms in total. The van der Waals surface area contributed by atoms with Crippen LogP contribution in [0.4, 0.5) is 22.9 Å². The van der Waals surface area contributed by atoms with Crippen LogP contribution in [0.5, 0.6) is 0 Å². The van der Waals surface area contributed by atoms with Gasteiger partial charge >= 0.3 is 5.69 Å². The van der Waals surface area contributed by atoms with Crippen molar-refractivity contribution in [3.63, 3.8) is 0 Å². The Morgan fingerprint density at radius 1 is 1.11 bits per heavy atom. The summed E-state index contributed by atoms with van der Waals surface area (Å²) in [6, 6.07) is 11.6. The first kappa shape index (κ1) is 17.0. The lowest BCUT2D eigenvalue weighted by Gasteiger charge is -2.28. The van der Waals surface area contributed by atoms with E-state index < -0.39 is 4.92 Å². The fourth-order valence-corrected chi connectivity index (χ4v) is 2.90. The molecule has 1 fully saturated rings. The number of nitrogens with one attached hydrogen (secondary N) is 1. The Morgan fingerprint density at radius 3 is 2.59 bits per heavy atom. The maximum atomic E-state index is 10.8. The van der Waals surface area contributed by atoms with Crippen molar-refractivity contribution in [2.75, 3.05) is 36.5 Å². The Labute approximate surface area is 155 Å². The maximum Gasteiger partial charge on any atom is 0.307 e. The predicted molar refractivity (Wildman–Crippen MR) is 101 cm³/mol. The van der Waals surface area contributed by atoms with Gasteiger partial charge in [0.15, 0.2) is 0 Å². The summed E-state index contributed by atoms with van der Waals surface area (Å²) in [7, 11) is 0. The predicted octanol–water partition coefficient (Wildman–Crippen LogP) is 2.76. The van der Waals surface area contributed by atoms with E-state index in [1.165, 1.54) is 17.1 Å². The molecule has 1 saturated heterocycles. The van der Waals surface area contributed by atoms with Crippen LogP contribution in [0.15, 0.2) is 55.0 Å². The van der Waals surface area contributed by atoms with Crippen LogP contribution in [0.1, 0.15) is 0 Å². The fraction of sp³-hybridized carbons (Fsp3) is 0.222. The van der Waals surface area contributed by atoms with Gasteiger partial charge in [-0.1, -0.05) is 0 Å². The lowest BCUT2D eigenvalue weighted by atomic mass is 10.2. The van der Waals surface area contributed by atoms with Crippen molar-refractivity contribution in [2.45, 2.75) is 0 Å². The number of hydrogen-bond donors (Lipinski definition) is 1. The molecule has 0 aliphatic carbocycles. The lowest BCUT2D eigenvalue weighted by molar-refractivity contribution is -0.384. The van der Waals surface area contributed by atoms with Crippen molar-refractivity contribution in [2.24, 2.45) is 0 Å². The largest absolute Gasteiger partial charge is 0.378 e. The number of rotatable bonds is 5. The minimum absolute atomic E-state index is 0.0555. The van der Waals surface area contributed by atoms with E-state index in [1.807, 2.05) is 12.1 Å². The molecule has 4 rings (SSSR count). The van der Waals surface area contributed by atoms with Crippen LogP contribution in [0.25, 0.3) is 5.69 Å². The molecular weight excluding hydrogens is 348 g/mol. The number of aromatic nitrogens is 3. The molecule has 3 aromatic rings. The third kappa shape index (κ3) is 3.87. The smallest absolute Gasteiger partial charge is 0.307 e. The molecule has 0 spiro atoms. The molecule has 0 atom stereocenters. The highest BCUT2D eigenvalue weighted by Gasteiger charge is 2.12. The van der Waals surface area contributed by atoms with Gasteiger partial charge in [-0.05, 0) is 30.3 Å². The Morgan fingerprint density at radius 2 is 1.89 bits per heavy atom. The van der Waals surface area contributed by atoms with Crippen molar-refractivity contribution >= 4 is 22.9 Å². The number of nitro groups is 1. The molecule has 0 amide bonds. The molecule has 0 saturated carbocycles. The summed E-state index contributed by atoms with van der Waals surface area (Å²) < 4.78 is 6.83. The highest BCUT2D eigenvalue weighted by atomic mass is 16.6. The maximum absolute atomic E-state index is 10.8. The number of ether oxygens (including phenoxy) is 1. The second-order valence-electron chi connectivity index (χ2n) is 6.07. The molecule has 3 heterocycles. The first-order chi connectivity index (χ1) is 13.2. The van der Waals surface area contributed by atoms with E-state index in [0.717, 1.165) is 37.7 Å². The van der Waals surface area contributed by atoms with Gasteiger partial charge < -0.3 is 15.0 Å². The summed E-state index contributed by atoms with van der Waals surface area (Å²) >= 11 is 0. The summed E-state index contributed by atoms with van der Waals surface area (Å²) in [5, 5.41) is 18.1. The van der Waals surface area contributed by atoms with Crippen molar-refractivity contribution in [3.05, 3.63) is 65.1 Å². The molecule has 1 aliphatic rings. The van der Waals surface area contributed by atoms with Crippen LogP contribution in [0.2, 0.25) is 0 Å². The molecule has 138 valence electrons. The molecule has 0 bridgehead atoms. The van der Waals surface area contributed by atoms with E-state index in [1.54, 1.807) is 18.3 Å². The van der Waals surface area contributed by atoms with Crippen LogP contribution < -0.4 is 10.2 Å². The standard InChI is InChI=1S/C18H18N6O3/c25-24(26)17-12-20-23(13-17)16-5-6-19-18(11-16)21-14-1-3-15(4-2-14)22-7-9-27-10-8-22/h1-6,11-13H,7-10H2,(H,19,21). The van der Waals surface area contributed by atoms with Crippen LogP contribution in [0.3, 0.4) is 0 Å². The minimum Gasteiger partial charge on any atom is -0.378 e. The third-order valence-corrected chi connectivity index (χ3v) is 4.30. The molecule has 1 N–H and O–H groups in total. The van der Waals surface area contributed by atoms with Crippen molar-refractivity contribution in [3.8, 4) is 5.69 Å². The summed E-state index contributed by atoms with van der Waals surface area (Å²) in [6.45, 7) is 3.30. The highest BCUT2D eigenvalue weighted by molar-refractivity contribution is 5.62. The van der Waals surface area contributed by atoms with Gasteiger partial charge in [0.1, 0.15) is 18.2 Å². The number of hydrogen-bond acceptors (Lipinski definition) is 7. The van der Waals surface area contributed by atoms with Crippen molar-refractivity contribution in [1.29, 1.82) is 0 Å². The zero-order chi connectivity index (χ0) is 18.6. The van der Waals surface area contributed by atoms with Crippen molar-refractivity contribution in [1.82, 2.24) is 14.8 Å². The molecule has 2 aromatic heterocycles. The third-order valence-electron chi connectivity index (χ3n) is 4.30. The molecule has 1 aliphatic heterocycles. The summed E-state index contributed by atoms with van der Waals surface area (Å²) in [5.74, 6) is 0.629. The number of benzene rings is 1. The van der Waals surface area contributed by atoms with Crippen molar-refractivity contribution < 1.29 is 9.66 Å². The molecule has 1 aromatic carbocycles. The van der Waals surface area contributed by atoms with Crippen LogP contribution >= 0.6 is 0 Å². The Hall–Kier alpha value is -3.46. The topological polar surface area (TPSA) is 98.3 Å². The zero-order valence-electron chi connectivity index (χ0n) is 14.5. The number of anilines is 3. The van der Waals surface area contributed by atoms with Gasteiger partial charge in [-0.2, -0.15) is 5.10 Å². The summed E-state index contributed by atoms with van der Waals surface area (Å²) in [6.07, 6.45) is 4.22. The second-order valence-corrected chi connectivity index (χ2v) is 6.07. The van der Waals surface area contributed by atoms with Gasteiger partial charge in [0.2, 0.25) is 0 Å². The average Bonchev–Trinajstić information content (AvgIpc) is 3.20. The van der Waals surface area contributed by atoms with E-state index in [4.69, 9.17) is 4.74 Å². The van der Waals surface area contributed by atoms with Gasteiger partial charge in [0.05, 0.1) is 23.8 Å². The van der Waals surface area contributed by atoms with Gasteiger partial charge in [-0.25, -0.2) is 9.67 Å². The van der Waals surface area contributed by atoms with E-state index in [-0.39, 0.29) is 5.69 Å². The molecule has 27 heavy (non-hydrogen) atoms. The first-order valence-electron chi connectivity index (χ1n) is 8.54. The number of morpholine rings is 1. The first-order valence-corrected chi connectivity index (χ1v) is 8.54. The SMILES string of the molecule is O=[N+]([O-])c1cnn(-c2ccnc(Nc3ccc(N4CCOCC4)cc3)c2)c1. The Kier molecular flexibility index (Phi) is 4.67. The van der Waals surface area contributed by atoms with E-state index >= 15 is 0 Å². The fourth-order valence-electron chi connectivity index (χ4n) is 2.90. The van der Waals surface area contributed by atoms with Gasteiger partial charge in [0.25, 0.3) is 0 Å². The number of pyridine rings is 1. The summed E-state index contributed by atoms with van der Waals surface area (Å²) in [5.41, 5.74) is 2.70. The molecule has 0 radical (unpaired) electrons. The zero-order valence-corrected chi connectivity index (χ0v) is 14.5.